The fourth-order valence-electron chi connectivity index (χ4n) is 2.79. The molecule has 118 valence electrons. The topological polar surface area (TPSA) is 94.1 Å². The summed E-state index contributed by atoms with van der Waals surface area (Å²) in [7, 11) is -3.54. The van der Waals surface area contributed by atoms with Crippen molar-refractivity contribution in [2.45, 2.75) is 43.5 Å². The first kappa shape index (κ1) is 13.9. The van der Waals surface area contributed by atoms with Crippen molar-refractivity contribution in [3.8, 4) is 0 Å². The minimum atomic E-state index is -3.54. The molecule has 1 aliphatic heterocycles. The van der Waals surface area contributed by atoms with E-state index >= 15 is 0 Å². The van der Waals surface area contributed by atoms with Crippen LogP contribution in [0.25, 0.3) is 0 Å². The molecule has 8 nitrogen and oxygen atoms in total. The van der Waals surface area contributed by atoms with Crippen molar-refractivity contribution in [2.24, 2.45) is 0 Å². The van der Waals surface area contributed by atoms with E-state index in [1.807, 2.05) is 6.20 Å². The number of nitrogens with zero attached hydrogens (tertiary/aromatic N) is 5. The number of aryl methyl sites for hydroxylation is 2. The van der Waals surface area contributed by atoms with Gasteiger partial charge in [0.05, 0.1) is 11.7 Å². The van der Waals surface area contributed by atoms with E-state index in [0.29, 0.717) is 30.5 Å². The Kier molecular flexibility index (Phi) is 2.92. The Balaban J connectivity index is 1.50. The standard InChI is InChI=1S/C13H17N5O3S/c1-8-13(9(2)21-15-8)22(19,20)17-5-11(6-17)18-7-12(14-16-18)10-3-4-10/h7,10-11H,3-6H2,1-2H3. The molecular weight excluding hydrogens is 306 g/mol. The van der Waals surface area contributed by atoms with Crippen molar-refractivity contribution in [3.63, 3.8) is 0 Å². The molecule has 0 aromatic carbocycles. The fourth-order valence-corrected chi connectivity index (χ4v) is 4.59. The van der Waals surface area contributed by atoms with E-state index in [-0.39, 0.29) is 10.9 Å². The van der Waals surface area contributed by atoms with Gasteiger partial charge in [0, 0.05) is 25.2 Å². The van der Waals surface area contributed by atoms with Crippen LogP contribution in [0, 0.1) is 13.8 Å². The van der Waals surface area contributed by atoms with E-state index in [1.54, 1.807) is 18.5 Å². The molecule has 2 aromatic heterocycles. The van der Waals surface area contributed by atoms with E-state index in [4.69, 9.17) is 4.52 Å². The summed E-state index contributed by atoms with van der Waals surface area (Å²) in [4.78, 5) is 0.184. The number of aromatic nitrogens is 4. The predicted octanol–water partition coefficient (Wildman–Crippen LogP) is 1.01. The van der Waals surface area contributed by atoms with Gasteiger partial charge in [-0.1, -0.05) is 10.4 Å². The van der Waals surface area contributed by atoms with Crippen LogP contribution in [0.1, 0.15) is 41.9 Å². The molecule has 0 N–H and O–H groups in total. The summed E-state index contributed by atoms with van der Waals surface area (Å²) < 4.78 is 33.4. The first-order valence-electron chi connectivity index (χ1n) is 7.31. The number of rotatable bonds is 4. The Hall–Kier alpha value is -1.74. The SMILES string of the molecule is Cc1noc(C)c1S(=O)(=O)N1CC(n2cc(C3CC3)nn2)C1. The van der Waals surface area contributed by atoms with Crippen molar-refractivity contribution in [1.82, 2.24) is 24.5 Å². The average Bonchev–Trinajstić information content (AvgIpc) is 3.04. The molecule has 0 unspecified atom stereocenters. The van der Waals surface area contributed by atoms with Gasteiger partial charge in [-0.15, -0.1) is 5.10 Å². The largest absolute Gasteiger partial charge is 0.360 e. The van der Waals surface area contributed by atoms with Crippen LogP contribution in [-0.4, -0.2) is 46.0 Å². The van der Waals surface area contributed by atoms with Crippen LogP contribution < -0.4 is 0 Å². The lowest BCUT2D eigenvalue weighted by molar-refractivity contribution is 0.188. The maximum Gasteiger partial charge on any atom is 0.248 e. The Labute approximate surface area is 128 Å². The van der Waals surface area contributed by atoms with Crippen molar-refractivity contribution in [2.75, 3.05) is 13.1 Å². The fraction of sp³-hybridized carbons (Fsp3) is 0.615. The summed E-state index contributed by atoms with van der Waals surface area (Å²) in [6, 6.07) is 0.0512. The van der Waals surface area contributed by atoms with Gasteiger partial charge in [0.15, 0.2) is 5.76 Å². The Morgan fingerprint density at radius 1 is 1.27 bits per heavy atom. The van der Waals surface area contributed by atoms with Gasteiger partial charge in [-0.25, -0.2) is 13.1 Å². The maximum atomic E-state index is 12.6. The zero-order valence-electron chi connectivity index (χ0n) is 12.4. The first-order chi connectivity index (χ1) is 10.5. The van der Waals surface area contributed by atoms with Gasteiger partial charge in [0.2, 0.25) is 10.0 Å². The summed E-state index contributed by atoms with van der Waals surface area (Å²) in [5.41, 5.74) is 1.42. The van der Waals surface area contributed by atoms with Crippen LogP contribution in [0.3, 0.4) is 0 Å². The second-order valence-corrected chi connectivity index (χ2v) is 7.90. The monoisotopic (exact) mass is 323 g/mol. The van der Waals surface area contributed by atoms with Gasteiger partial charge in [0.1, 0.15) is 10.6 Å². The predicted molar refractivity (Wildman–Crippen MR) is 75.8 cm³/mol. The highest BCUT2D eigenvalue weighted by molar-refractivity contribution is 7.89. The first-order valence-corrected chi connectivity index (χ1v) is 8.75. The van der Waals surface area contributed by atoms with Crippen LogP contribution in [0.2, 0.25) is 0 Å². The third-order valence-electron chi connectivity index (χ3n) is 4.29. The van der Waals surface area contributed by atoms with Gasteiger partial charge in [0.25, 0.3) is 0 Å². The third kappa shape index (κ3) is 2.07. The van der Waals surface area contributed by atoms with E-state index in [0.717, 1.165) is 5.69 Å². The highest BCUT2D eigenvalue weighted by atomic mass is 32.2. The highest BCUT2D eigenvalue weighted by Crippen LogP contribution is 2.39. The summed E-state index contributed by atoms with van der Waals surface area (Å²) in [6.07, 6.45) is 4.30. The maximum absolute atomic E-state index is 12.6. The van der Waals surface area contributed by atoms with Crippen molar-refractivity contribution < 1.29 is 12.9 Å². The molecule has 1 saturated heterocycles. The average molecular weight is 323 g/mol. The molecular formula is C13H17N5O3S. The van der Waals surface area contributed by atoms with Gasteiger partial charge < -0.3 is 4.52 Å². The number of hydrogen-bond acceptors (Lipinski definition) is 6. The van der Waals surface area contributed by atoms with Crippen molar-refractivity contribution >= 4 is 10.0 Å². The lowest BCUT2D eigenvalue weighted by Crippen LogP contribution is -2.50. The van der Waals surface area contributed by atoms with Crippen LogP contribution in [0.4, 0.5) is 0 Å². The Bertz CT molecular complexity index is 795. The third-order valence-corrected chi connectivity index (χ3v) is 6.37. The highest BCUT2D eigenvalue weighted by Gasteiger charge is 2.41. The Morgan fingerprint density at radius 2 is 2.00 bits per heavy atom. The van der Waals surface area contributed by atoms with E-state index in [2.05, 4.69) is 15.5 Å². The zero-order chi connectivity index (χ0) is 15.5. The second kappa shape index (κ2) is 4.63. The molecule has 22 heavy (non-hydrogen) atoms. The molecule has 2 aliphatic rings. The minimum Gasteiger partial charge on any atom is -0.360 e. The molecule has 0 radical (unpaired) electrons. The van der Waals surface area contributed by atoms with E-state index in [9.17, 15) is 8.42 Å². The van der Waals surface area contributed by atoms with Crippen LogP contribution >= 0.6 is 0 Å². The molecule has 1 saturated carbocycles. The van der Waals surface area contributed by atoms with Crippen LogP contribution in [-0.2, 0) is 10.0 Å². The van der Waals surface area contributed by atoms with Gasteiger partial charge in [-0.2, -0.15) is 4.31 Å². The summed E-state index contributed by atoms with van der Waals surface area (Å²) in [6.45, 7) is 4.06. The van der Waals surface area contributed by atoms with Gasteiger partial charge in [-0.3, -0.25) is 0 Å². The molecule has 0 atom stereocenters. The molecule has 0 bridgehead atoms. The lowest BCUT2D eigenvalue weighted by atomic mass is 10.2. The summed E-state index contributed by atoms with van der Waals surface area (Å²) in [5.74, 6) is 0.883. The number of sulfonamides is 1. The van der Waals surface area contributed by atoms with Crippen LogP contribution in [0.15, 0.2) is 15.6 Å². The van der Waals surface area contributed by atoms with Gasteiger partial charge >= 0.3 is 0 Å². The second-order valence-electron chi connectivity index (χ2n) is 6.03. The molecule has 2 aromatic rings. The molecule has 0 spiro atoms. The minimum absolute atomic E-state index is 0.0512. The van der Waals surface area contributed by atoms with Crippen molar-refractivity contribution in [3.05, 3.63) is 23.3 Å². The number of hydrogen-bond donors (Lipinski definition) is 0. The summed E-state index contributed by atoms with van der Waals surface area (Å²) >= 11 is 0. The van der Waals surface area contributed by atoms with E-state index < -0.39 is 10.0 Å². The van der Waals surface area contributed by atoms with Gasteiger partial charge in [-0.05, 0) is 26.7 Å². The lowest BCUT2D eigenvalue weighted by Gasteiger charge is -2.37. The molecule has 3 heterocycles. The Morgan fingerprint density at radius 3 is 2.59 bits per heavy atom. The summed E-state index contributed by atoms with van der Waals surface area (Å²) in [5, 5.41) is 12.0. The molecule has 4 rings (SSSR count). The molecule has 2 fully saturated rings. The van der Waals surface area contributed by atoms with Crippen LogP contribution in [0.5, 0.6) is 0 Å². The smallest absolute Gasteiger partial charge is 0.248 e. The quantitative estimate of drug-likeness (QED) is 0.833. The van der Waals surface area contributed by atoms with Crippen molar-refractivity contribution in [1.29, 1.82) is 0 Å². The zero-order valence-corrected chi connectivity index (χ0v) is 13.2. The normalized spacial score (nSPS) is 20.3. The van der Waals surface area contributed by atoms with E-state index in [1.165, 1.54) is 17.1 Å². The molecule has 9 heteroatoms. The molecule has 0 amide bonds. The molecule has 1 aliphatic carbocycles.